The lowest BCUT2D eigenvalue weighted by Gasteiger charge is -2.32. The van der Waals surface area contributed by atoms with Gasteiger partial charge in [-0.2, -0.15) is 0 Å². The van der Waals surface area contributed by atoms with Crippen molar-refractivity contribution in [3.05, 3.63) is 61.9 Å². The molecule has 2 aliphatic heterocycles. The van der Waals surface area contributed by atoms with Gasteiger partial charge in [0.15, 0.2) is 11.8 Å². The minimum Gasteiger partial charge on any atom is -0.404 e. The summed E-state index contributed by atoms with van der Waals surface area (Å²) in [6, 6.07) is 6.39. The van der Waals surface area contributed by atoms with E-state index in [1.54, 1.807) is 18.2 Å². The molecule has 174 valence electrons. The van der Waals surface area contributed by atoms with E-state index in [9.17, 15) is 33.1 Å². The minimum absolute atomic E-state index is 0.161. The van der Waals surface area contributed by atoms with E-state index in [0.717, 1.165) is 6.20 Å². The van der Waals surface area contributed by atoms with E-state index in [-0.39, 0.29) is 12.4 Å². The number of rotatable bonds is 5. The third-order valence-corrected chi connectivity index (χ3v) is 6.61. The van der Waals surface area contributed by atoms with Gasteiger partial charge in [-0.15, -0.1) is 0 Å². The van der Waals surface area contributed by atoms with Crippen LogP contribution in [-0.2, 0) is 25.0 Å². The van der Waals surface area contributed by atoms with Crippen molar-refractivity contribution in [1.82, 2.24) is 9.55 Å². The summed E-state index contributed by atoms with van der Waals surface area (Å²) >= 11 is 5.66. The lowest BCUT2D eigenvalue weighted by atomic mass is 9.96. The number of halogens is 3. The van der Waals surface area contributed by atoms with Gasteiger partial charge in [0.25, 0.3) is 12.0 Å². The van der Waals surface area contributed by atoms with E-state index in [1.807, 2.05) is 4.98 Å². The highest BCUT2D eigenvalue weighted by molar-refractivity contribution is 7.49. The van der Waals surface area contributed by atoms with Crippen LogP contribution in [0.1, 0.15) is 11.8 Å². The molecule has 4 rings (SSSR count). The zero-order valence-electron chi connectivity index (χ0n) is 15.9. The van der Waals surface area contributed by atoms with Crippen LogP contribution in [0.25, 0.3) is 0 Å². The van der Waals surface area contributed by atoms with E-state index in [2.05, 4.69) is 0 Å². The average Bonchev–Trinajstić information content (AvgIpc) is 3.01. The molecule has 5 atom stereocenters. The van der Waals surface area contributed by atoms with Gasteiger partial charge < -0.3 is 19.5 Å². The smallest absolute Gasteiger partial charge is 0.404 e. The first-order valence-corrected chi connectivity index (χ1v) is 10.9. The molecule has 0 amide bonds. The lowest BCUT2D eigenvalue weighted by molar-refractivity contribution is -0.194. The van der Waals surface area contributed by atoms with Crippen molar-refractivity contribution in [2.45, 2.75) is 37.1 Å². The van der Waals surface area contributed by atoms with E-state index >= 15 is 0 Å². The third kappa shape index (κ3) is 3.90. The molecule has 2 aromatic rings. The molecule has 15 heteroatoms. The van der Waals surface area contributed by atoms with Crippen molar-refractivity contribution < 1.29 is 41.9 Å². The Labute approximate surface area is 182 Å². The van der Waals surface area contributed by atoms with Crippen LogP contribution >= 0.6 is 19.4 Å². The highest BCUT2D eigenvalue weighted by atomic mass is 35.5. The first kappa shape index (κ1) is 23.1. The molecule has 1 saturated heterocycles. The minimum atomic E-state index is -4.39. The molecular formula is C17H16ClF2N2O9P. The quantitative estimate of drug-likeness (QED) is 0.518. The largest absolute Gasteiger partial charge is 0.530 e. The number of fused-ring (bicyclic) bond motifs is 1. The summed E-state index contributed by atoms with van der Waals surface area (Å²) in [4.78, 5) is 25.3. The number of nitrogens with one attached hydrogen (secondary N) is 1. The maximum Gasteiger partial charge on any atom is 0.530 e. The van der Waals surface area contributed by atoms with Crippen LogP contribution in [0.2, 0.25) is 5.02 Å². The van der Waals surface area contributed by atoms with Gasteiger partial charge in [0.2, 0.25) is 0 Å². The fraction of sp³-hybridized carbons (Fsp3) is 0.412. The molecule has 1 aromatic heterocycles. The molecule has 1 aromatic carbocycles. The Morgan fingerprint density at radius 2 is 2.06 bits per heavy atom. The molecular weight excluding hydrogens is 481 g/mol. The second-order valence-corrected chi connectivity index (χ2v) is 9.04. The fourth-order valence-corrected chi connectivity index (χ4v) is 4.70. The van der Waals surface area contributed by atoms with Crippen LogP contribution in [0.4, 0.5) is 8.78 Å². The van der Waals surface area contributed by atoms with Crippen LogP contribution in [0.15, 0.2) is 40.1 Å². The molecule has 0 saturated carbocycles. The van der Waals surface area contributed by atoms with Gasteiger partial charge in [-0.3, -0.25) is 23.4 Å². The van der Waals surface area contributed by atoms with Gasteiger partial charge in [0.05, 0.1) is 13.2 Å². The number of aromatic amines is 1. The Morgan fingerprint density at radius 1 is 1.34 bits per heavy atom. The van der Waals surface area contributed by atoms with E-state index in [4.69, 9.17) is 29.9 Å². The number of para-hydroxylation sites is 1. The lowest BCUT2D eigenvalue weighted by Crippen LogP contribution is -2.52. The number of phosphoric ester groups is 1. The Balaban J connectivity index is 1.60. The van der Waals surface area contributed by atoms with Gasteiger partial charge >= 0.3 is 13.5 Å². The SMILES string of the molecule is O=c1[nH]c(=O)n([C@@H]2O[C@@](COP3(=O)OCc4ccccc4O3)(C(F)F)[C@@H](O)[C@H]2O)cc1Cl. The van der Waals surface area contributed by atoms with Gasteiger partial charge in [0, 0.05) is 11.8 Å². The zero-order valence-corrected chi connectivity index (χ0v) is 17.5. The summed E-state index contributed by atoms with van der Waals surface area (Å²) in [6.45, 7) is -1.42. The Kier molecular flexibility index (Phi) is 6.01. The molecule has 0 bridgehead atoms. The number of ether oxygens (including phenoxy) is 1. The number of benzene rings is 1. The fourth-order valence-electron chi connectivity index (χ4n) is 3.29. The maximum atomic E-state index is 14.1. The number of aliphatic hydroxyl groups excluding tert-OH is 2. The summed E-state index contributed by atoms with van der Waals surface area (Å²) in [5.41, 5.74) is -4.46. The Hall–Kier alpha value is -2.12. The standard InChI is InChI=1S/C17H16ClF2N2O9P/c18-9-5-22(16(26)21-13(9)25)14-11(23)12(24)17(30-14,15(19)20)7-29-32(27)28-6-8-3-1-2-4-10(8)31-32/h1-5,11-12,14-15,23-24H,6-7H2,(H,21,25,26)/t11-,12+,14-,17-,32?/m1/s1. The van der Waals surface area contributed by atoms with Crippen molar-refractivity contribution in [3.8, 4) is 5.75 Å². The number of alkyl halides is 2. The second-order valence-electron chi connectivity index (χ2n) is 7.04. The molecule has 0 aliphatic carbocycles. The number of nitrogens with zero attached hydrogens (tertiary/aromatic N) is 1. The van der Waals surface area contributed by atoms with Gasteiger partial charge in [0.1, 0.15) is 23.0 Å². The van der Waals surface area contributed by atoms with Crippen LogP contribution < -0.4 is 15.8 Å². The number of aliphatic hydroxyl groups is 2. The van der Waals surface area contributed by atoms with Crippen molar-refractivity contribution in [3.63, 3.8) is 0 Å². The van der Waals surface area contributed by atoms with Crippen LogP contribution in [0.3, 0.4) is 0 Å². The number of H-pyrrole nitrogens is 1. The van der Waals surface area contributed by atoms with E-state index in [1.165, 1.54) is 6.07 Å². The Bertz CT molecular complexity index is 1190. The van der Waals surface area contributed by atoms with E-state index < -0.39 is 61.2 Å². The highest BCUT2D eigenvalue weighted by Crippen LogP contribution is 2.56. The van der Waals surface area contributed by atoms with Crippen molar-refractivity contribution in [2.75, 3.05) is 6.61 Å². The van der Waals surface area contributed by atoms with Crippen molar-refractivity contribution in [1.29, 1.82) is 0 Å². The Morgan fingerprint density at radius 3 is 2.78 bits per heavy atom. The number of aromatic nitrogens is 2. The summed E-state index contributed by atoms with van der Waals surface area (Å²) < 4.78 is 61.8. The number of hydrogen-bond donors (Lipinski definition) is 3. The monoisotopic (exact) mass is 496 g/mol. The average molecular weight is 497 g/mol. The molecule has 32 heavy (non-hydrogen) atoms. The first-order valence-electron chi connectivity index (χ1n) is 9.06. The molecule has 0 radical (unpaired) electrons. The molecule has 1 fully saturated rings. The second kappa shape index (κ2) is 8.34. The van der Waals surface area contributed by atoms with Crippen molar-refractivity contribution in [2.24, 2.45) is 0 Å². The van der Waals surface area contributed by atoms with Crippen LogP contribution in [0, 0.1) is 0 Å². The zero-order chi connectivity index (χ0) is 23.3. The summed E-state index contributed by atoms with van der Waals surface area (Å²) in [7, 11) is -4.39. The molecule has 3 heterocycles. The van der Waals surface area contributed by atoms with Crippen molar-refractivity contribution >= 4 is 19.4 Å². The molecule has 1 unspecified atom stereocenters. The van der Waals surface area contributed by atoms with Gasteiger partial charge in [-0.05, 0) is 6.07 Å². The predicted octanol–water partition coefficient (Wildman–Crippen LogP) is 1.18. The maximum absolute atomic E-state index is 14.1. The van der Waals surface area contributed by atoms with E-state index in [0.29, 0.717) is 10.1 Å². The third-order valence-electron chi connectivity index (χ3n) is 5.03. The summed E-state index contributed by atoms with van der Waals surface area (Å²) in [6.07, 6.45) is -8.96. The first-order chi connectivity index (χ1) is 15.1. The molecule has 2 aliphatic rings. The normalized spacial score (nSPS) is 32.0. The molecule has 0 spiro atoms. The predicted molar refractivity (Wildman–Crippen MR) is 103 cm³/mol. The summed E-state index contributed by atoms with van der Waals surface area (Å²) in [5, 5.41) is 20.2. The van der Waals surface area contributed by atoms with Gasteiger partial charge in [-0.1, -0.05) is 29.8 Å². The molecule has 3 N–H and O–H groups in total. The topological polar surface area (TPSA) is 149 Å². The summed E-state index contributed by atoms with van der Waals surface area (Å²) in [5.74, 6) is 0.161. The van der Waals surface area contributed by atoms with Gasteiger partial charge in [-0.25, -0.2) is 18.1 Å². The van der Waals surface area contributed by atoms with Crippen LogP contribution in [-0.4, -0.2) is 50.6 Å². The molecule has 11 nitrogen and oxygen atoms in total. The van der Waals surface area contributed by atoms with Crippen LogP contribution in [0.5, 0.6) is 5.75 Å². The number of hydrogen-bond acceptors (Lipinski definition) is 9. The number of phosphoric acid groups is 1. The highest BCUT2D eigenvalue weighted by Gasteiger charge is 2.62.